The van der Waals surface area contributed by atoms with Gasteiger partial charge in [0.25, 0.3) is 5.56 Å². The van der Waals surface area contributed by atoms with Gasteiger partial charge in [-0.2, -0.15) is 10.4 Å². The first-order valence-corrected chi connectivity index (χ1v) is 11.1. The van der Waals surface area contributed by atoms with Crippen molar-refractivity contribution in [2.75, 3.05) is 17.2 Å². The molecule has 1 aromatic carbocycles. The highest BCUT2D eigenvalue weighted by Crippen LogP contribution is 2.37. The highest BCUT2D eigenvalue weighted by atomic mass is 16.1. The highest BCUT2D eigenvalue weighted by Gasteiger charge is 2.37. The summed E-state index contributed by atoms with van der Waals surface area (Å²) in [6.45, 7) is 2.84. The van der Waals surface area contributed by atoms with Gasteiger partial charge in [-0.3, -0.25) is 9.36 Å². The third-order valence-electron chi connectivity index (χ3n) is 6.38. The normalized spacial score (nSPS) is 16.7. The molecule has 2 N–H and O–H groups in total. The summed E-state index contributed by atoms with van der Waals surface area (Å²) in [6, 6.07) is 15.4. The van der Waals surface area contributed by atoms with Crippen LogP contribution in [0.5, 0.6) is 0 Å². The average molecular weight is 441 g/mol. The SMILES string of the molecule is CCC(c1nn2cccc2c(=O)n1-c1ccccc1)C1CCCN1c1ncnc(N)c1C#N. The summed E-state index contributed by atoms with van der Waals surface area (Å²) >= 11 is 0. The molecule has 33 heavy (non-hydrogen) atoms. The zero-order valence-electron chi connectivity index (χ0n) is 18.3. The molecule has 2 atom stereocenters. The van der Waals surface area contributed by atoms with Gasteiger partial charge in [0.05, 0.1) is 5.69 Å². The Morgan fingerprint density at radius 1 is 1.21 bits per heavy atom. The molecule has 5 rings (SSSR count). The molecule has 3 aromatic heterocycles. The molecule has 1 aliphatic heterocycles. The number of nitriles is 1. The number of nitrogen functional groups attached to an aromatic ring is 1. The number of nitrogens with two attached hydrogens (primary N) is 1. The molecule has 4 heterocycles. The molecule has 4 aromatic rings. The first-order valence-electron chi connectivity index (χ1n) is 11.1. The van der Waals surface area contributed by atoms with Crippen LogP contribution in [0.1, 0.15) is 43.5 Å². The van der Waals surface area contributed by atoms with E-state index in [4.69, 9.17) is 10.8 Å². The second-order valence-corrected chi connectivity index (χ2v) is 8.16. The lowest BCUT2D eigenvalue weighted by molar-refractivity contribution is 0.470. The smallest absolute Gasteiger partial charge is 0.282 e. The van der Waals surface area contributed by atoms with E-state index in [1.807, 2.05) is 36.4 Å². The maximum absolute atomic E-state index is 13.6. The number of para-hydroxylation sites is 1. The lowest BCUT2D eigenvalue weighted by Crippen LogP contribution is -2.39. The number of hydrogen-bond acceptors (Lipinski definition) is 7. The average Bonchev–Trinajstić information content (AvgIpc) is 3.50. The van der Waals surface area contributed by atoms with Gasteiger partial charge in [0.15, 0.2) is 5.82 Å². The van der Waals surface area contributed by atoms with Gasteiger partial charge in [-0.05, 0) is 43.5 Å². The van der Waals surface area contributed by atoms with Crippen molar-refractivity contribution in [2.45, 2.75) is 38.1 Å². The number of rotatable bonds is 5. The Hall–Kier alpha value is -4.19. The lowest BCUT2D eigenvalue weighted by Gasteiger charge is -2.33. The van der Waals surface area contributed by atoms with Crippen LogP contribution in [0.15, 0.2) is 59.8 Å². The van der Waals surface area contributed by atoms with Crippen LogP contribution in [-0.4, -0.2) is 36.7 Å². The van der Waals surface area contributed by atoms with Crippen molar-refractivity contribution < 1.29 is 0 Å². The lowest BCUT2D eigenvalue weighted by atomic mass is 9.93. The third-order valence-corrected chi connectivity index (χ3v) is 6.38. The van der Waals surface area contributed by atoms with E-state index in [1.54, 1.807) is 21.3 Å². The van der Waals surface area contributed by atoms with Crippen LogP contribution in [0, 0.1) is 11.3 Å². The van der Waals surface area contributed by atoms with Crippen molar-refractivity contribution in [2.24, 2.45) is 0 Å². The Balaban J connectivity index is 1.69. The molecule has 166 valence electrons. The summed E-state index contributed by atoms with van der Waals surface area (Å²) in [4.78, 5) is 24.1. The fourth-order valence-corrected chi connectivity index (χ4v) is 4.88. The first kappa shape index (κ1) is 20.7. The molecule has 0 amide bonds. The van der Waals surface area contributed by atoms with Gasteiger partial charge in [0.2, 0.25) is 0 Å². The molecule has 2 unspecified atom stereocenters. The fourth-order valence-electron chi connectivity index (χ4n) is 4.88. The highest BCUT2D eigenvalue weighted by molar-refractivity contribution is 5.64. The second-order valence-electron chi connectivity index (χ2n) is 8.16. The monoisotopic (exact) mass is 440 g/mol. The molecule has 9 nitrogen and oxygen atoms in total. The quantitative estimate of drug-likeness (QED) is 0.507. The van der Waals surface area contributed by atoms with Crippen molar-refractivity contribution >= 4 is 17.2 Å². The predicted molar refractivity (Wildman–Crippen MR) is 125 cm³/mol. The largest absolute Gasteiger partial charge is 0.382 e. The topological polar surface area (TPSA) is 118 Å². The van der Waals surface area contributed by atoms with Crippen molar-refractivity contribution in [1.29, 1.82) is 5.26 Å². The molecular formula is C24H24N8O. The zero-order chi connectivity index (χ0) is 22.9. The van der Waals surface area contributed by atoms with Gasteiger partial charge >= 0.3 is 0 Å². The summed E-state index contributed by atoms with van der Waals surface area (Å²) < 4.78 is 3.38. The van der Waals surface area contributed by atoms with Crippen LogP contribution < -0.4 is 16.2 Å². The standard InChI is InChI=1S/C24H24N8O/c1-2-17(19-10-6-12-30(19)22-18(14-25)21(26)27-15-28-22)23-29-31-13-7-11-20(31)24(33)32(23)16-8-4-3-5-9-16/h3-5,7-9,11,13,15,17,19H,2,6,10,12H2,1H3,(H2,26,27,28). The third kappa shape index (κ3) is 3.40. The minimum Gasteiger partial charge on any atom is -0.382 e. The molecule has 1 fully saturated rings. The minimum absolute atomic E-state index is 0.00581. The molecule has 0 spiro atoms. The molecule has 0 bridgehead atoms. The van der Waals surface area contributed by atoms with E-state index in [-0.39, 0.29) is 28.9 Å². The molecule has 1 aliphatic rings. The van der Waals surface area contributed by atoms with Crippen LogP contribution in [-0.2, 0) is 0 Å². The van der Waals surface area contributed by atoms with E-state index >= 15 is 0 Å². The van der Waals surface area contributed by atoms with E-state index in [9.17, 15) is 10.1 Å². The van der Waals surface area contributed by atoms with E-state index in [0.717, 1.165) is 31.5 Å². The summed E-state index contributed by atoms with van der Waals surface area (Å²) in [7, 11) is 0. The van der Waals surface area contributed by atoms with E-state index in [2.05, 4.69) is 27.9 Å². The van der Waals surface area contributed by atoms with Crippen LogP contribution in [0.2, 0.25) is 0 Å². The van der Waals surface area contributed by atoms with Crippen molar-refractivity contribution in [3.05, 3.63) is 76.7 Å². The molecule has 1 saturated heterocycles. The number of fused-ring (bicyclic) bond motifs is 1. The summed E-state index contributed by atoms with van der Waals surface area (Å²) in [5, 5.41) is 14.6. The van der Waals surface area contributed by atoms with Crippen LogP contribution in [0.4, 0.5) is 11.6 Å². The Morgan fingerprint density at radius 2 is 2.03 bits per heavy atom. The Bertz CT molecular complexity index is 1400. The van der Waals surface area contributed by atoms with E-state index in [0.29, 0.717) is 17.2 Å². The number of aromatic nitrogens is 5. The van der Waals surface area contributed by atoms with Gasteiger partial charge in [-0.25, -0.2) is 14.5 Å². The van der Waals surface area contributed by atoms with Gasteiger partial charge in [0.1, 0.15) is 35.1 Å². The van der Waals surface area contributed by atoms with Crippen LogP contribution >= 0.6 is 0 Å². The summed E-state index contributed by atoms with van der Waals surface area (Å²) in [6.07, 6.45) is 5.79. The maximum atomic E-state index is 13.6. The van der Waals surface area contributed by atoms with Crippen molar-refractivity contribution in [3.8, 4) is 11.8 Å². The molecule has 9 heteroatoms. The molecule has 0 saturated carbocycles. The van der Waals surface area contributed by atoms with Crippen molar-refractivity contribution in [1.82, 2.24) is 24.1 Å². The Morgan fingerprint density at radius 3 is 2.79 bits per heavy atom. The zero-order valence-corrected chi connectivity index (χ0v) is 18.3. The van der Waals surface area contributed by atoms with Gasteiger partial charge in [0, 0.05) is 24.7 Å². The van der Waals surface area contributed by atoms with Crippen LogP contribution in [0.3, 0.4) is 0 Å². The summed E-state index contributed by atoms with van der Waals surface area (Å²) in [5.41, 5.74) is 7.45. The van der Waals surface area contributed by atoms with E-state index in [1.165, 1.54) is 6.33 Å². The maximum Gasteiger partial charge on any atom is 0.282 e. The van der Waals surface area contributed by atoms with Crippen molar-refractivity contribution in [3.63, 3.8) is 0 Å². The number of hydrogen-bond donors (Lipinski definition) is 1. The van der Waals surface area contributed by atoms with Crippen LogP contribution in [0.25, 0.3) is 11.2 Å². The van der Waals surface area contributed by atoms with Gasteiger partial charge < -0.3 is 10.6 Å². The molecular weight excluding hydrogens is 416 g/mol. The molecule has 0 radical (unpaired) electrons. The van der Waals surface area contributed by atoms with E-state index < -0.39 is 0 Å². The molecule has 0 aliphatic carbocycles. The minimum atomic E-state index is -0.108. The van der Waals surface area contributed by atoms with Gasteiger partial charge in [-0.1, -0.05) is 25.1 Å². The predicted octanol–water partition coefficient (Wildman–Crippen LogP) is 2.89. The fraction of sp³-hybridized carbons (Fsp3) is 0.292. The van der Waals surface area contributed by atoms with Gasteiger partial charge in [-0.15, -0.1) is 0 Å². The summed E-state index contributed by atoms with van der Waals surface area (Å²) in [5.74, 6) is 1.33. The second kappa shape index (κ2) is 8.39. The Kier molecular flexibility index (Phi) is 5.26. The number of nitrogens with zero attached hydrogens (tertiary/aromatic N) is 7. The number of anilines is 2. The number of benzene rings is 1. The first-order chi connectivity index (χ1) is 16.1. The Labute approximate surface area is 190 Å².